The molecule has 1 aromatic carbocycles. The van der Waals surface area contributed by atoms with Gasteiger partial charge in [-0.3, -0.25) is 14.9 Å². The van der Waals surface area contributed by atoms with E-state index in [1.165, 1.54) is 31.0 Å². The van der Waals surface area contributed by atoms with Gasteiger partial charge >= 0.3 is 0 Å². The van der Waals surface area contributed by atoms with E-state index >= 15 is 0 Å². The highest BCUT2D eigenvalue weighted by Gasteiger charge is 2.30. The Morgan fingerprint density at radius 2 is 2.00 bits per heavy atom. The van der Waals surface area contributed by atoms with Crippen molar-refractivity contribution in [1.29, 1.82) is 0 Å². The Morgan fingerprint density at radius 1 is 1.26 bits per heavy atom. The minimum absolute atomic E-state index is 0.147. The molecule has 3 rings (SSSR count). The average Bonchev–Trinajstić information content (AvgIpc) is 3.08. The molecule has 0 spiro atoms. The van der Waals surface area contributed by atoms with Crippen molar-refractivity contribution in [2.24, 2.45) is 5.92 Å². The Balaban J connectivity index is 1.66. The van der Waals surface area contributed by atoms with Crippen LogP contribution in [0.3, 0.4) is 0 Å². The lowest BCUT2D eigenvalue weighted by molar-refractivity contribution is -0.384. The van der Waals surface area contributed by atoms with E-state index in [0.717, 1.165) is 19.4 Å². The van der Waals surface area contributed by atoms with E-state index in [-0.39, 0.29) is 16.6 Å². The molecule has 7 heteroatoms. The lowest BCUT2D eigenvalue weighted by atomic mass is 9.88. The van der Waals surface area contributed by atoms with Gasteiger partial charge in [-0.1, -0.05) is 11.6 Å². The van der Waals surface area contributed by atoms with Crippen LogP contribution in [0.25, 0.3) is 0 Å². The maximum Gasteiger partial charge on any atom is 0.271 e. The van der Waals surface area contributed by atoms with E-state index < -0.39 is 4.92 Å². The van der Waals surface area contributed by atoms with Crippen molar-refractivity contribution in [3.05, 3.63) is 38.9 Å². The predicted molar refractivity (Wildman–Crippen MR) is 87.8 cm³/mol. The first-order valence-electron chi connectivity index (χ1n) is 8.02. The van der Waals surface area contributed by atoms with Crippen LogP contribution in [0.2, 0.25) is 5.02 Å². The first kappa shape index (κ1) is 16.2. The summed E-state index contributed by atoms with van der Waals surface area (Å²) in [6.45, 7) is 2.49. The molecule has 2 heterocycles. The van der Waals surface area contributed by atoms with Gasteiger partial charge in [-0.05, 0) is 44.2 Å². The van der Waals surface area contributed by atoms with E-state index in [4.69, 9.17) is 11.6 Å². The summed E-state index contributed by atoms with van der Waals surface area (Å²) in [6, 6.07) is 4.65. The van der Waals surface area contributed by atoms with Gasteiger partial charge in [0.05, 0.1) is 4.92 Å². The van der Waals surface area contributed by atoms with Crippen LogP contribution in [0, 0.1) is 16.0 Å². The fourth-order valence-electron chi connectivity index (χ4n) is 3.60. The number of halogens is 1. The highest BCUT2D eigenvalue weighted by Crippen LogP contribution is 2.27. The molecule has 1 unspecified atom stereocenters. The molecule has 0 aromatic heterocycles. The largest absolute Gasteiger partial charge is 0.339 e. The van der Waals surface area contributed by atoms with Gasteiger partial charge in [0.1, 0.15) is 0 Å². The highest BCUT2D eigenvalue weighted by atomic mass is 35.5. The van der Waals surface area contributed by atoms with Gasteiger partial charge in [0.2, 0.25) is 0 Å². The van der Waals surface area contributed by atoms with Crippen molar-refractivity contribution in [2.45, 2.75) is 31.7 Å². The van der Waals surface area contributed by atoms with E-state index in [1.807, 2.05) is 0 Å². The Bertz CT molecular complexity index is 609. The standard InChI is InChI=1S/C16H20ClN3O3/c17-13-8-12(9-14(10-13)20(22)23)16(21)19-6-3-11(4-7-19)15-2-1-5-18-15/h8-11,15,18H,1-7H2. The van der Waals surface area contributed by atoms with E-state index in [2.05, 4.69) is 5.32 Å². The number of likely N-dealkylation sites (tertiary alicyclic amines) is 1. The smallest absolute Gasteiger partial charge is 0.271 e. The number of nitro benzene ring substituents is 1. The summed E-state index contributed by atoms with van der Waals surface area (Å²) in [5.41, 5.74) is 0.146. The molecular formula is C16H20ClN3O3. The normalized spacial score (nSPS) is 22.3. The lowest BCUT2D eigenvalue weighted by Gasteiger charge is -2.35. The molecule has 2 saturated heterocycles. The van der Waals surface area contributed by atoms with Gasteiger partial charge in [-0.25, -0.2) is 0 Å². The summed E-state index contributed by atoms with van der Waals surface area (Å²) in [4.78, 5) is 24.7. The number of carbonyl (C=O) groups excluding carboxylic acids is 1. The third kappa shape index (κ3) is 3.64. The predicted octanol–water partition coefficient (Wildman–Crippen LogP) is 2.85. The molecule has 2 aliphatic rings. The number of nitro groups is 1. The zero-order valence-electron chi connectivity index (χ0n) is 12.8. The van der Waals surface area contributed by atoms with Gasteiger partial charge in [0.25, 0.3) is 11.6 Å². The lowest BCUT2D eigenvalue weighted by Crippen LogP contribution is -2.43. The van der Waals surface area contributed by atoms with Gasteiger partial charge in [0.15, 0.2) is 0 Å². The monoisotopic (exact) mass is 337 g/mol. The number of non-ortho nitro benzene ring substituents is 1. The molecule has 0 bridgehead atoms. The summed E-state index contributed by atoms with van der Waals surface area (Å²) >= 11 is 5.90. The number of nitrogens with one attached hydrogen (secondary N) is 1. The van der Waals surface area contributed by atoms with Crippen molar-refractivity contribution in [2.75, 3.05) is 19.6 Å². The second kappa shape index (κ2) is 6.84. The third-order valence-corrected chi connectivity index (χ3v) is 5.05. The Kier molecular flexibility index (Phi) is 4.82. The summed E-state index contributed by atoms with van der Waals surface area (Å²) in [7, 11) is 0. The fourth-order valence-corrected chi connectivity index (χ4v) is 3.83. The maximum atomic E-state index is 12.6. The van der Waals surface area contributed by atoms with Crippen molar-refractivity contribution < 1.29 is 9.72 Å². The Labute approximate surface area is 139 Å². The molecule has 1 atom stereocenters. The molecule has 6 nitrogen and oxygen atoms in total. The first-order chi connectivity index (χ1) is 11.0. The molecule has 124 valence electrons. The quantitative estimate of drug-likeness (QED) is 0.679. The maximum absolute atomic E-state index is 12.6. The minimum Gasteiger partial charge on any atom is -0.339 e. The third-order valence-electron chi connectivity index (χ3n) is 4.83. The van der Waals surface area contributed by atoms with Crippen LogP contribution in [0.15, 0.2) is 18.2 Å². The number of benzene rings is 1. The van der Waals surface area contributed by atoms with Crippen LogP contribution in [0.5, 0.6) is 0 Å². The van der Waals surface area contributed by atoms with E-state index in [9.17, 15) is 14.9 Å². The molecule has 23 heavy (non-hydrogen) atoms. The van der Waals surface area contributed by atoms with Crippen molar-refractivity contribution in [1.82, 2.24) is 10.2 Å². The zero-order chi connectivity index (χ0) is 16.4. The topological polar surface area (TPSA) is 75.5 Å². The van der Waals surface area contributed by atoms with E-state index in [0.29, 0.717) is 30.6 Å². The Hall–Kier alpha value is -1.66. The van der Waals surface area contributed by atoms with Gasteiger partial charge in [-0.2, -0.15) is 0 Å². The van der Waals surface area contributed by atoms with Crippen molar-refractivity contribution in [3.8, 4) is 0 Å². The zero-order valence-corrected chi connectivity index (χ0v) is 13.6. The molecule has 0 radical (unpaired) electrons. The summed E-state index contributed by atoms with van der Waals surface area (Å²) in [5.74, 6) is 0.448. The molecule has 0 aliphatic carbocycles. The number of nitrogens with zero attached hydrogens (tertiary/aromatic N) is 2. The number of piperidine rings is 1. The van der Waals surface area contributed by atoms with Gasteiger partial charge in [0, 0.05) is 41.9 Å². The molecule has 0 saturated carbocycles. The van der Waals surface area contributed by atoms with Gasteiger partial charge < -0.3 is 10.2 Å². The number of hydrogen-bond acceptors (Lipinski definition) is 4. The molecule has 1 amide bonds. The van der Waals surface area contributed by atoms with Crippen LogP contribution in [-0.4, -0.2) is 41.4 Å². The summed E-state index contributed by atoms with van der Waals surface area (Å²) in [6.07, 6.45) is 4.41. The van der Waals surface area contributed by atoms with Crippen LogP contribution in [-0.2, 0) is 0 Å². The van der Waals surface area contributed by atoms with Crippen molar-refractivity contribution in [3.63, 3.8) is 0 Å². The summed E-state index contributed by atoms with van der Waals surface area (Å²) in [5, 5.41) is 14.7. The van der Waals surface area contributed by atoms with Crippen LogP contribution in [0.1, 0.15) is 36.0 Å². The van der Waals surface area contributed by atoms with E-state index in [1.54, 1.807) is 4.90 Å². The van der Waals surface area contributed by atoms with Gasteiger partial charge in [-0.15, -0.1) is 0 Å². The number of hydrogen-bond donors (Lipinski definition) is 1. The number of rotatable bonds is 3. The minimum atomic E-state index is -0.527. The molecule has 1 N–H and O–H groups in total. The number of amides is 1. The second-order valence-corrected chi connectivity index (χ2v) is 6.72. The average molecular weight is 338 g/mol. The number of carbonyl (C=O) groups is 1. The van der Waals surface area contributed by atoms with Crippen LogP contribution in [0.4, 0.5) is 5.69 Å². The second-order valence-electron chi connectivity index (χ2n) is 6.29. The van der Waals surface area contributed by atoms with Crippen molar-refractivity contribution >= 4 is 23.2 Å². The van der Waals surface area contributed by atoms with Crippen LogP contribution < -0.4 is 5.32 Å². The van der Waals surface area contributed by atoms with Crippen LogP contribution >= 0.6 is 11.6 Å². The summed E-state index contributed by atoms with van der Waals surface area (Å²) < 4.78 is 0. The molecule has 1 aromatic rings. The first-order valence-corrected chi connectivity index (χ1v) is 8.40. The molecule has 2 aliphatic heterocycles. The highest BCUT2D eigenvalue weighted by molar-refractivity contribution is 6.31. The fraction of sp³-hybridized carbons (Fsp3) is 0.562. The molecule has 2 fully saturated rings. The molecular weight excluding hydrogens is 318 g/mol. The SMILES string of the molecule is O=C(c1cc(Cl)cc([N+](=O)[O-])c1)N1CCC(C2CCCN2)CC1. The Morgan fingerprint density at radius 3 is 2.61 bits per heavy atom.